The molecule has 0 fully saturated rings. The number of aryl methyl sites for hydroxylation is 1. The minimum atomic E-state index is -1.02. The van der Waals surface area contributed by atoms with Crippen LogP contribution in [-0.4, -0.2) is 22.2 Å². The van der Waals surface area contributed by atoms with Crippen LogP contribution in [0.2, 0.25) is 0 Å². The molecule has 0 amide bonds. The molecule has 0 saturated heterocycles. The van der Waals surface area contributed by atoms with E-state index in [1.165, 1.54) is 0 Å². The molecule has 0 saturated carbocycles. The maximum Gasteiger partial charge on any atom is 0.320 e. The van der Waals surface area contributed by atoms with Gasteiger partial charge in [-0.15, -0.1) is 0 Å². The van der Waals surface area contributed by atoms with Crippen molar-refractivity contribution < 1.29 is 15.0 Å². The van der Waals surface area contributed by atoms with Crippen LogP contribution in [0.25, 0.3) is 0 Å². The summed E-state index contributed by atoms with van der Waals surface area (Å²) in [6.45, 7) is 1.76. The van der Waals surface area contributed by atoms with Gasteiger partial charge in [-0.1, -0.05) is 12.1 Å². The molecule has 4 nitrogen and oxygen atoms in total. The quantitative estimate of drug-likeness (QED) is 0.661. The highest BCUT2D eigenvalue weighted by atomic mass is 16.4. The van der Waals surface area contributed by atoms with Crippen molar-refractivity contribution >= 4 is 5.97 Å². The molecular formula is C10H13NO3. The number of aromatic hydroxyl groups is 1. The summed E-state index contributed by atoms with van der Waals surface area (Å²) in [6, 6.07) is 4.06. The summed E-state index contributed by atoms with van der Waals surface area (Å²) in [4.78, 5) is 10.5. The predicted octanol–water partition coefficient (Wildman–Crippen LogP) is 0.655. The van der Waals surface area contributed by atoms with Crippen molar-refractivity contribution in [3.63, 3.8) is 0 Å². The highest BCUT2D eigenvalue weighted by Crippen LogP contribution is 2.17. The summed E-state index contributed by atoms with van der Waals surface area (Å²) in [5, 5.41) is 17.8. The molecule has 0 unspecified atom stereocenters. The highest BCUT2D eigenvalue weighted by molar-refractivity contribution is 5.73. The Hall–Kier alpha value is -1.55. The van der Waals surface area contributed by atoms with E-state index >= 15 is 0 Å². The van der Waals surface area contributed by atoms with Crippen molar-refractivity contribution in [1.82, 2.24) is 0 Å². The summed E-state index contributed by atoms with van der Waals surface area (Å²) in [5.74, 6) is -0.812. The minimum Gasteiger partial charge on any atom is -0.508 e. The van der Waals surface area contributed by atoms with Crippen molar-refractivity contribution in [2.75, 3.05) is 0 Å². The second-order valence-electron chi connectivity index (χ2n) is 3.27. The summed E-state index contributed by atoms with van der Waals surface area (Å²) in [6.07, 6.45) is 0.274. The Morgan fingerprint density at radius 3 is 2.71 bits per heavy atom. The van der Waals surface area contributed by atoms with Gasteiger partial charge in [0.15, 0.2) is 0 Å². The molecule has 4 N–H and O–H groups in total. The number of aliphatic carboxylic acids is 1. The molecule has 1 atom stereocenters. The van der Waals surface area contributed by atoms with Crippen LogP contribution in [0, 0.1) is 6.92 Å². The zero-order valence-corrected chi connectivity index (χ0v) is 7.90. The van der Waals surface area contributed by atoms with Crippen LogP contribution in [-0.2, 0) is 11.2 Å². The Morgan fingerprint density at radius 2 is 2.21 bits per heavy atom. The number of phenols is 1. The lowest BCUT2D eigenvalue weighted by molar-refractivity contribution is -0.138. The Bertz CT molecular complexity index is 349. The van der Waals surface area contributed by atoms with Gasteiger partial charge >= 0.3 is 5.97 Å². The van der Waals surface area contributed by atoms with E-state index < -0.39 is 12.0 Å². The van der Waals surface area contributed by atoms with Crippen LogP contribution in [0.1, 0.15) is 11.1 Å². The lowest BCUT2D eigenvalue weighted by Crippen LogP contribution is -2.32. The topological polar surface area (TPSA) is 83.6 Å². The number of nitrogens with two attached hydrogens (primary N) is 1. The number of carboxylic acid groups (broad SMARTS) is 1. The molecular weight excluding hydrogens is 182 g/mol. The number of carboxylic acids is 1. The van der Waals surface area contributed by atoms with Gasteiger partial charge < -0.3 is 15.9 Å². The average molecular weight is 195 g/mol. The number of benzene rings is 1. The third kappa shape index (κ3) is 2.47. The maximum absolute atomic E-state index is 10.5. The number of carbonyl (C=O) groups is 1. The van der Waals surface area contributed by atoms with Crippen molar-refractivity contribution in [3.05, 3.63) is 29.3 Å². The zero-order chi connectivity index (χ0) is 10.7. The number of rotatable bonds is 3. The van der Waals surface area contributed by atoms with Gasteiger partial charge in [0.1, 0.15) is 11.8 Å². The van der Waals surface area contributed by atoms with Gasteiger partial charge in [0.2, 0.25) is 0 Å². The van der Waals surface area contributed by atoms with E-state index in [0.29, 0.717) is 0 Å². The van der Waals surface area contributed by atoms with Crippen LogP contribution in [0.5, 0.6) is 5.75 Å². The third-order valence-corrected chi connectivity index (χ3v) is 2.03. The molecule has 0 heterocycles. The van der Waals surface area contributed by atoms with Gasteiger partial charge in [0, 0.05) is 0 Å². The van der Waals surface area contributed by atoms with Crippen LogP contribution >= 0.6 is 0 Å². The van der Waals surface area contributed by atoms with Crippen LogP contribution in [0.3, 0.4) is 0 Å². The largest absolute Gasteiger partial charge is 0.508 e. The van der Waals surface area contributed by atoms with Crippen molar-refractivity contribution in [2.24, 2.45) is 5.73 Å². The first-order valence-corrected chi connectivity index (χ1v) is 4.27. The summed E-state index contributed by atoms with van der Waals surface area (Å²) >= 11 is 0. The molecule has 1 rings (SSSR count). The number of hydrogen-bond donors (Lipinski definition) is 3. The van der Waals surface area contributed by atoms with Crippen LogP contribution in [0.15, 0.2) is 18.2 Å². The van der Waals surface area contributed by atoms with E-state index in [2.05, 4.69) is 0 Å². The molecule has 0 aliphatic heterocycles. The molecule has 0 spiro atoms. The van der Waals surface area contributed by atoms with Gasteiger partial charge in [-0.25, -0.2) is 0 Å². The lowest BCUT2D eigenvalue weighted by Gasteiger charge is -2.07. The first-order chi connectivity index (χ1) is 6.50. The fourth-order valence-corrected chi connectivity index (χ4v) is 1.19. The Labute approximate surface area is 82.0 Å². The van der Waals surface area contributed by atoms with Crippen LogP contribution < -0.4 is 5.73 Å². The molecule has 0 aliphatic carbocycles. The molecule has 76 valence electrons. The smallest absolute Gasteiger partial charge is 0.320 e. The third-order valence-electron chi connectivity index (χ3n) is 2.03. The Morgan fingerprint density at radius 1 is 1.57 bits per heavy atom. The molecule has 1 aromatic carbocycles. The molecule has 0 aliphatic rings. The summed E-state index contributed by atoms with van der Waals surface area (Å²) in [7, 11) is 0. The average Bonchev–Trinajstić information content (AvgIpc) is 2.11. The van der Waals surface area contributed by atoms with Crippen molar-refractivity contribution in [3.8, 4) is 5.75 Å². The first-order valence-electron chi connectivity index (χ1n) is 4.27. The Balaban J connectivity index is 2.78. The predicted molar refractivity (Wildman–Crippen MR) is 52.2 cm³/mol. The maximum atomic E-state index is 10.5. The number of hydrogen-bond acceptors (Lipinski definition) is 3. The van der Waals surface area contributed by atoms with E-state index in [9.17, 15) is 9.90 Å². The number of phenolic OH excluding ortho intramolecular Hbond substituents is 1. The van der Waals surface area contributed by atoms with Gasteiger partial charge in [-0.2, -0.15) is 0 Å². The van der Waals surface area contributed by atoms with Crippen molar-refractivity contribution in [1.29, 1.82) is 0 Å². The highest BCUT2D eigenvalue weighted by Gasteiger charge is 2.12. The monoisotopic (exact) mass is 195 g/mol. The molecule has 1 aromatic rings. The van der Waals surface area contributed by atoms with Gasteiger partial charge in [-0.05, 0) is 30.5 Å². The molecule has 4 heteroatoms. The second-order valence-corrected chi connectivity index (χ2v) is 3.27. The normalized spacial score (nSPS) is 12.4. The van der Waals surface area contributed by atoms with Gasteiger partial charge in [0.25, 0.3) is 0 Å². The molecule has 0 bridgehead atoms. The molecule has 0 aromatic heterocycles. The summed E-state index contributed by atoms with van der Waals surface area (Å²) < 4.78 is 0. The lowest BCUT2D eigenvalue weighted by atomic mass is 10.0. The van der Waals surface area contributed by atoms with Crippen LogP contribution in [0.4, 0.5) is 0 Å². The summed E-state index contributed by atoms with van der Waals surface area (Å²) in [5.41, 5.74) is 6.91. The van der Waals surface area contributed by atoms with E-state index in [1.807, 2.05) is 0 Å². The van der Waals surface area contributed by atoms with E-state index in [-0.39, 0.29) is 12.2 Å². The Kier molecular flexibility index (Phi) is 3.09. The zero-order valence-electron chi connectivity index (χ0n) is 7.90. The van der Waals surface area contributed by atoms with Gasteiger partial charge in [0.05, 0.1) is 0 Å². The molecule has 14 heavy (non-hydrogen) atoms. The van der Waals surface area contributed by atoms with Crippen molar-refractivity contribution in [2.45, 2.75) is 19.4 Å². The standard InChI is InChI=1S/C10H13NO3/c1-6-4-7(2-3-9(6)12)5-8(11)10(13)14/h2-4,8,12H,5,11H2,1H3,(H,13,14)/t8-/m1/s1. The SMILES string of the molecule is Cc1cc(C[C@@H](N)C(=O)O)ccc1O. The first kappa shape index (κ1) is 10.5. The van der Waals surface area contributed by atoms with E-state index in [1.54, 1.807) is 25.1 Å². The fraction of sp³-hybridized carbons (Fsp3) is 0.300. The van der Waals surface area contributed by atoms with Gasteiger partial charge in [-0.3, -0.25) is 4.79 Å². The molecule has 0 radical (unpaired) electrons. The second kappa shape index (κ2) is 4.11. The van der Waals surface area contributed by atoms with E-state index in [0.717, 1.165) is 11.1 Å². The fourth-order valence-electron chi connectivity index (χ4n) is 1.19. The van der Waals surface area contributed by atoms with E-state index in [4.69, 9.17) is 10.8 Å². The minimum absolute atomic E-state index is 0.206.